The average Bonchev–Trinajstić information content (AvgIpc) is 2.34. The van der Waals surface area contributed by atoms with Crippen molar-refractivity contribution >= 4 is 12.0 Å². The number of carbonyl (C=O) groups is 1. The maximum Gasteiger partial charge on any atom is 0.244 e. The van der Waals surface area contributed by atoms with E-state index in [4.69, 9.17) is 0 Å². The zero-order valence-electron chi connectivity index (χ0n) is 12.1. The maximum atomic E-state index is 11.6. The lowest BCUT2D eigenvalue weighted by atomic mass is 10.1. The summed E-state index contributed by atoms with van der Waals surface area (Å²) in [6.45, 7) is 8.19. The number of rotatable bonds is 5. The van der Waals surface area contributed by atoms with Crippen LogP contribution in [0.4, 0.5) is 0 Å². The van der Waals surface area contributed by atoms with Gasteiger partial charge in [0.05, 0.1) is 6.10 Å². The molecule has 0 heterocycles. The molecule has 1 aromatic carbocycles. The van der Waals surface area contributed by atoms with Crippen molar-refractivity contribution in [2.24, 2.45) is 5.92 Å². The van der Waals surface area contributed by atoms with E-state index in [1.807, 2.05) is 39.8 Å². The summed E-state index contributed by atoms with van der Waals surface area (Å²) in [6.07, 6.45) is 2.80. The number of benzene rings is 1. The number of aliphatic hydroxyl groups is 1. The van der Waals surface area contributed by atoms with Crippen molar-refractivity contribution in [1.29, 1.82) is 0 Å². The molecular weight excluding hydrogens is 238 g/mol. The minimum Gasteiger partial charge on any atom is -0.391 e. The normalized spacial score (nSPS) is 12.9. The van der Waals surface area contributed by atoms with Crippen LogP contribution in [-0.2, 0) is 4.79 Å². The number of aliphatic hydroxyl groups excluding tert-OH is 1. The quantitative estimate of drug-likeness (QED) is 0.800. The summed E-state index contributed by atoms with van der Waals surface area (Å²) in [4.78, 5) is 11.6. The second kappa shape index (κ2) is 7.10. The lowest BCUT2D eigenvalue weighted by Gasteiger charge is -2.14. The van der Waals surface area contributed by atoms with Crippen molar-refractivity contribution in [3.05, 3.63) is 41.0 Å². The van der Waals surface area contributed by atoms with Gasteiger partial charge in [-0.05, 0) is 37.0 Å². The molecule has 1 rings (SSSR count). The number of amides is 1. The summed E-state index contributed by atoms with van der Waals surface area (Å²) in [5.41, 5.74) is 3.38. The molecule has 0 saturated heterocycles. The number of hydrogen-bond donors (Lipinski definition) is 2. The highest BCUT2D eigenvalue weighted by molar-refractivity contribution is 5.91. The van der Waals surface area contributed by atoms with E-state index < -0.39 is 6.10 Å². The van der Waals surface area contributed by atoms with Gasteiger partial charge in [-0.2, -0.15) is 0 Å². The van der Waals surface area contributed by atoms with Gasteiger partial charge in [0, 0.05) is 12.6 Å². The Balaban J connectivity index is 2.54. The van der Waals surface area contributed by atoms with E-state index in [2.05, 4.69) is 11.4 Å². The van der Waals surface area contributed by atoms with Crippen LogP contribution >= 0.6 is 0 Å². The molecule has 0 aliphatic carbocycles. The van der Waals surface area contributed by atoms with Gasteiger partial charge in [-0.1, -0.05) is 37.6 Å². The van der Waals surface area contributed by atoms with Crippen molar-refractivity contribution in [2.75, 3.05) is 6.54 Å². The monoisotopic (exact) mass is 261 g/mol. The van der Waals surface area contributed by atoms with Gasteiger partial charge in [0.2, 0.25) is 5.91 Å². The molecule has 0 spiro atoms. The molecule has 3 heteroatoms. The highest BCUT2D eigenvalue weighted by Gasteiger charge is 2.09. The van der Waals surface area contributed by atoms with Gasteiger partial charge in [0.25, 0.3) is 0 Å². The van der Waals surface area contributed by atoms with Gasteiger partial charge < -0.3 is 10.4 Å². The Bertz CT molecular complexity index is 464. The molecule has 1 atom stereocenters. The molecule has 1 unspecified atom stereocenters. The largest absolute Gasteiger partial charge is 0.391 e. The first-order valence-corrected chi connectivity index (χ1v) is 6.61. The van der Waals surface area contributed by atoms with E-state index in [9.17, 15) is 9.90 Å². The molecule has 19 heavy (non-hydrogen) atoms. The van der Waals surface area contributed by atoms with Crippen LogP contribution in [0, 0.1) is 19.8 Å². The fraction of sp³-hybridized carbons (Fsp3) is 0.438. The summed E-state index contributed by atoms with van der Waals surface area (Å²) < 4.78 is 0. The second-order valence-electron chi connectivity index (χ2n) is 5.25. The van der Waals surface area contributed by atoms with Crippen LogP contribution in [0.2, 0.25) is 0 Å². The van der Waals surface area contributed by atoms with Crippen molar-refractivity contribution in [3.8, 4) is 0 Å². The fourth-order valence-electron chi connectivity index (χ4n) is 1.68. The Hall–Kier alpha value is -1.61. The zero-order chi connectivity index (χ0) is 14.4. The van der Waals surface area contributed by atoms with Crippen molar-refractivity contribution in [3.63, 3.8) is 0 Å². The Morgan fingerprint density at radius 2 is 2.05 bits per heavy atom. The first-order valence-electron chi connectivity index (χ1n) is 6.61. The fourth-order valence-corrected chi connectivity index (χ4v) is 1.68. The van der Waals surface area contributed by atoms with Crippen LogP contribution in [0.5, 0.6) is 0 Å². The van der Waals surface area contributed by atoms with Gasteiger partial charge >= 0.3 is 0 Å². The Morgan fingerprint density at radius 1 is 1.37 bits per heavy atom. The highest BCUT2D eigenvalue weighted by Crippen LogP contribution is 2.11. The number of hydrogen-bond acceptors (Lipinski definition) is 2. The molecule has 0 radical (unpaired) electrons. The van der Waals surface area contributed by atoms with Crippen LogP contribution < -0.4 is 5.32 Å². The van der Waals surface area contributed by atoms with Gasteiger partial charge in [0.1, 0.15) is 0 Å². The first-order chi connectivity index (χ1) is 8.90. The Kier molecular flexibility index (Phi) is 5.77. The first kappa shape index (κ1) is 15.4. The van der Waals surface area contributed by atoms with E-state index in [0.717, 1.165) is 11.1 Å². The molecule has 0 aliphatic heterocycles. The smallest absolute Gasteiger partial charge is 0.244 e. The van der Waals surface area contributed by atoms with Crippen LogP contribution in [0.25, 0.3) is 6.08 Å². The minimum atomic E-state index is -0.501. The minimum absolute atomic E-state index is 0.142. The van der Waals surface area contributed by atoms with E-state index in [1.165, 1.54) is 11.6 Å². The van der Waals surface area contributed by atoms with Gasteiger partial charge in [0.15, 0.2) is 0 Å². The highest BCUT2D eigenvalue weighted by atomic mass is 16.3. The standard InChI is InChI=1S/C16H23NO2/c1-11(2)15(18)10-17-16(19)8-7-14-6-5-12(3)9-13(14)4/h5-9,11,15,18H,10H2,1-4H3,(H,17,19)/b8-7+. The third kappa shape index (κ3) is 5.26. The van der Waals surface area contributed by atoms with Gasteiger partial charge in [-0.25, -0.2) is 0 Å². The molecule has 0 bridgehead atoms. The number of nitrogens with one attached hydrogen (secondary N) is 1. The van der Waals surface area contributed by atoms with Crippen molar-refractivity contribution < 1.29 is 9.90 Å². The van der Waals surface area contributed by atoms with Crippen molar-refractivity contribution in [2.45, 2.75) is 33.8 Å². The van der Waals surface area contributed by atoms with Gasteiger partial charge in [-0.3, -0.25) is 4.79 Å². The predicted octanol–water partition coefficient (Wildman–Crippen LogP) is 2.45. The lowest BCUT2D eigenvalue weighted by molar-refractivity contribution is -0.117. The third-order valence-electron chi connectivity index (χ3n) is 3.09. The van der Waals surface area contributed by atoms with E-state index in [1.54, 1.807) is 6.08 Å². The molecule has 1 amide bonds. The molecule has 0 fully saturated rings. The van der Waals surface area contributed by atoms with Crippen LogP contribution in [0.1, 0.15) is 30.5 Å². The summed E-state index contributed by atoms with van der Waals surface area (Å²) >= 11 is 0. The van der Waals surface area contributed by atoms with Crippen molar-refractivity contribution in [1.82, 2.24) is 5.32 Å². The maximum absolute atomic E-state index is 11.6. The Morgan fingerprint density at radius 3 is 2.63 bits per heavy atom. The van der Waals surface area contributed by atoms with Crippen LogP contribution in [-0.4, -0.2) is 23.7 Å². The third-order valence-corrected chi connectivity index (χ3v) is 3.09. The molecule has 1 aromatic rings. The molecule has 3 nitrogen and oxygen atoms in total. The molecule has 0 aliphatic rings. The van der Waals surface area contributed by atoms with E-state index in [-0.39, 0.29) is 18.4 Å². The summed E-state index contributed by atoms with van der Waals surface area (Å²) in [5.74, 6) is -0.0386. The summed E-state index contributed by atoms with van der Waals surface area (Å²) in [5, 5.41) is 12.3. The summed E-state index contributed by atoms with van der Waals surface area (Å²) in [6, 6.07) is 6.10. The predicted molar refractivity (Wildman–Crippen MR) is 78.8 cm³/mol. The number of carbonyl (C=O) groups excluding carboxylic acids is 1. The summed E-state index contributed by atoms with van der Waals surface area (Å²) in [7, 11) is 0. The van der Waals surface area contributed by atoms with Gasteiger partial charge in [-0.15, -0.1) is 0 Å². The molecule has 0 saturated carbocycles. The lowest BCUT2D eigenvalue weighted by Crippen LogP contribution is -2.33. The molecule has 2 N–H and O–H groups in total. The molecule has 104 valence electrons. The SMILES string of the molecule is Cc1ccc(/C=C/C(=O)NCC(O)C(C)C)c(C)c1. The van der Waals surface area contributed by atoms with Crippen LogP contribution in [0.3, 0.4) is 0 Å². The number of aryl methyl sites for hydroxylation is 2. The van der Waals surface area contributed by atoms with E-state index >= 15 is 0 Å². The second-order valence-corrected chi connectivity index (χ2v) is 5.25. The zero-order valence-corrected chi connectivity index (χ0v) is 12.1. The molecular formula is C16H23NO2. The average molecular weight is 261 g/mol. The topological polar surface area (TPSA) is 49.3 Å². The van der Waals surface area contributed by atoms with E-state index in [0.29, 0.717) is 0 Å². The Labute approximate surface area is 115 Å². The van der Waals surface area contributed by atoms with Crippen LogP contribution in [0.15, 0.2) is 24.3 Å². The molecule has 0 aromatic heterocycles.